The average Bonchev–Trinajstić information content (AvgIpc) is 2.29. The van der Waals surface area contributed by atoms with Crippen LogP contribution in [-0.4, -0.2) is 19.4 Å². The SMILES string of the molecule is CC(CS)Cc1cccc(S(=O)(=O)C(C)C)c1. The third-order valence-electron chi connectivity index (χ3n) is 2.74. The van der Waals surface area contributed by atoms with Gasteiger partial charge in [-0.2, -0.15) is 12.6 Å². The van der Waals surface area contributed by atoms with Gasteiger partial charge in [0.15, 0.2) is 9.84 Å². The van der Waals surface area contributed by atoms with Crippen LogP contribution >= 0.6 is 12.6 Å². The molecule has 0 radical (unpaired) electrons. The number of hydrogen-bond donors (Lipinski definition) is 1. The van der Waals surface area contributed by atoms with Gasteiger partial charge in [-0.15, -0.1) is 0 Å². The number of benzene rings is 1. The van der Waals surface area contributed by atoms with E-state index in [0.29, 0.717) is 10.8 Å². The van der Waals surface area contributed by atoms with Crippen molar-refractivity contribution in [1.29, 1.82) is 0 Å². The van der Waals surface area contributed by atoms with Crippen molar-refractivity contribution in [3.05, 3.63) is 29.8 Å². The quantitative estimate of drug-likeness (QED) is 0.836. The topological polar surface area (TPSA) is 34.1 Å². The highest BCUT2D eigenvalue weighted by molar-refractivity contribution is 7.92. The number of sulfone groups is 1. The second kappa shape index (κ2) is 5.91. The van der Waals surface area contributed by atoms with Crippen molar-refractivity contribution in [3.63, 3.8) is 0 Å². The van der Waals surface area contributed by atoms with Gasteiger partial charge in [-0.25, -0.2) is 8.42 Å². The lowest BCUT2D eigenvalue weighted by Crippen LogP contribution is -2.14. The predicted molar refractivity (Wildman–Crippen MR) is 75.5 cm³/mol. The minimum atomic E-state index is -3.16. The molecule has 1 atom stereocenters. The Morgan fingerprint density at radius 3 is 2.41 bits per heavy atom. The van der Waals surface area contributed by atoms with Crippen LogP contribution in [0.25, 0.3) is 0 Å². The largest absolute Gasteiger partial charge is 0.223 e. The standard InChI is InChI=1S/C13H20O2S2/c1-10(2)17(14,15)13-6-4-5-12(8-13)7-11(3)9-16/h4-6,8,10-11,16H,7,9H2,1-3H3. The maximum Gasteiger partial charge on any atom is 0.180 e. The van der Waals surface area contributed by atoms with E-state index in [4.69, 9.17) is 0 Å². The van der Waals surface area contributed by atoms with Crippen molar-refractivity contribution in [2.24, 2.45) is 5.92 Å². The van der Waals surface area contributed by atoms with E-state index in [2.05, 4.69) is 19.6 Å². The number of rotatable bonds is 5. The summed E-state index contributed by atoms with van der Waals surface area (Å²) in [7, 11) is -3.16. The van der Waals surface area contributed by atoms with Gasteiger partial charge in [0.2, 0.25) is 0 Å². The fourth-order valence-corrected chi connectivity index (χ4v) is 2.85. The molecule has 1 aromatic rings. The normalized spacial score (nSPS) is 13.9. The monoisotopic (exact) mass is 272 g/mol. The molecule has 1 aromatic carbocycles. The van der Waals surface area contributed by atoms with E-state index in [-0.39, 0.29) is 5.25 Å². The van der Waals surface area contributed by atoms with Crippen LogP contribution in [0.15, 0.2) is 29.2 Å². The summed E-state index contributed by atoms with van der Waals surface area (Å²) in [4.78, 5) is 0.427. The third kappa shape index (κ3) is 3.75. The molecule has 0 heterocycles. The molecule has 0 aliphatic rings. The van der Waals surface area contributed by atoms with Crippen LogP contribution in [-0.2, 0) is 16.3 Å². The van der Waals surface area contributed by atoms with E-state index in [1.165, 1.54) is 0 Å². The van der Waals surface area contributed by atoms with Gasteiger partial charge in [0.25, 0.3) is 0 Å². The Kier molecular flexibility index (Phi) is 5.07. The Bertz CT molecular complexity index is 464. The first-order chi connectivity index (χ1) is 7.87. The van der Waals surface area contributed by atoms with Gasteiger partial charge in [0.1, 0.15) is 0 Å². The first-order valence-corrected chi connectivity index (χ1v) is 7.99. The van der Waals surface area contributed by atoms with E-state index in [0.717, 1.165) is 17.7 Å². The van der Waals surface area contributed by atoms with E-state index in [9.17, 15) is 8.42 Å². The Balaban J connectivity index is 3.02. The third-order valence-corrected chi connectivity index (χ3v) is 5.52. The van der Waals surface area contributed by atoms with Gasteiger partial charge >= 0.3 is 0 Å². The Labute approximate surface area is 110 Å². The molecule has 0 bridgehead atoms. The van der Waals surface area contributed by atoms with Crippen molar-refractivity contribution in [2.75, 3.05) is 5.75 Å². The molecular formula is C13H20O2S2. The van der Waals surface area contributed by atoms with Gasteiger partial charge in [0, 0.05) is 0 Å². The highest BCUT2D eigenvalue weighted by Crippen LogP contribution is 2.19. The van der Waals surface area contributed by atoms with Crippen LogP contribution in [0.1, 0.15) is 26.3 Å². The Morgan fingerprint density at radius 1 is 1.24 bits per heavy atom. The predicted octanol–water partition coefficient (Wildman–Crippen LogP) is 2.98. The molecule has 0 amide bonds. The molecule has 1 unspecified atom stereocenters. The summed E-state index contributed by atoms with van der Waals surface area (Å²) in [5, 5.41) is -0.375. The molecule has 0 fully saturated rings. The number of hydrogen-bond acceptors (Lipinski definition) is 3. The molecule has 96 valence electrons. The van der Waals surface area contributed by atoms with Crippen LogP contribution in [0.5, 0.6) is 0 Å². The Hall–Kier alpha value is -0.480. The lowest BCUT2D eigenvalue weighted by molar-refractivity contribution is 0.587. The maximum atomic E-state index is 12.0. The van der Waals surface area contributed by atoms with E-state index in [1.54, 1.807) is 26.0 Å². The number of thiol groups is 1. The van der Waals surface area contributed by atoms with Crippen molar-refractivity contribution >= 4 is 22.5 Å². The van der Waals surface area contributed by atoms with Crippen LogP contribution in [0, 0.1) is 5.92 Å². The second-order valence-corrected chi connectivity index (χ2v) is 7.60. The average molecular weight is 272 g/mol. The van der Waals surface area contributed by atoms with Crippen LogP contribution in [0.3, 0.4) is 0 Å². The van der Waals surface area contributed by atoms with Crippen molar-refractivity contribution in [3.8, 4) is 0 Å². The maximum absolute atomic E-state index is 12.0. The van der Waals surface area contributed by atoms with Crippen molar-refractivity contribution < 1.29 is 8.42 Å². The van der Waals surface area contributed by atoms with E-state index >= 15 is 0 Å². The molecule has 2 nitrogen and oxygen atoms in total. The van der Waals surface area contributed by atoms with Gasteiger partial charge in [-0.1, -0.05) is 19.1 Å². The summed E-state index contributed by atoms with van der Waals surface area (Å²) in [6.45, 7) is 5.52. The first-order valence-electron chi connectivity index (χ1n) is 5.81. The highest BCUT2D eigenvalue weighted by atomic mass is 32.2. The van der Waals surface area contributed by atoms with E-state index in [1.807, 2.05) is 12.1 Å². The molecule has 0 aliphatic heterocycles. The molecule has 0 aliphatic carbocycles. The summed E-state index contributed by atoms with van der Waals surface area (Å²) >= 11 is 4.24. The van der Waals surface area contributed by atoms with Gasteiger partial charge in [-0.3, -0.25) is 0 Å². The van der Waals surface area contributed by atoms with Crippen molar-refractivity contribution in [1.82, 2.24) is 0 Å². The summed E-state index contributed by atoms with van der Waals surface area (Å²) in [6, 6.07) is 7.24. The molecule has 1 rings (SSSR count). The lowest BCUT2D eigenvalue weighted by Gasteiger charge is -2.11. The summed E-state index contributed by atoms with van der Waals surface area (Å²) in [6.07, 6.45) is 0.866. The zero-order valence-corrected chi connectivity index (χ0v) is 12.3. The first kappa shape index (κ1) is 14.6. The molecule has 0 saturated heterocycles. The highest BCUT2D eigenvalue weighted by Gasteiger charge is 2.19. The fraction of sp³-hybridized carbons (Fsp3) is 0.538. The van der Waals surface area contributed by atoms with Crippen LogP contribution < -0.4 is 0 Å². The minimum absolute atomic E-state index is 0.375. The molecular weight excluding hydrogens is 252 g/mol. The summed E-state index contributed by atoms with van der Waals surface area (Å²) in [5.74, 6) is 1.26. The zero-order chi connectivity index (χ0) is 13.1. The zero-order valence-electron chi connectivity index (χ0n) is 10.6. The minimum Gasteiger partial charge on any atom is -0.223 e. The smallest absolute Gasteiger partial charge is 0.180 e. The van der Waals surface area contributed by atoms with Crippen LogP contribution in [0.2, 0.25) is 0 Å². The van der Waals surface area contributed by atoms with Crippen molar-refractivity contribution in [2.45, 2.75) is 37.3 Å². The van der Waals surface area contributed by atoms with E-state index < -0.39 is 9.84 Å². The molecule has 0 saturated carbocycles. The van der Waals surface area contributed by atoms with Gasteiger partial charge < -0.3 is 0 Å². The molecule has 17 heavy (non-hydrogen) atoms. The molecule has 4 heteroatoms. The van der Waals surface area contributed by atoms with Gasteiger partial charge in [-0.05, 0) is 49.6 Å². The Morgan fingerprint density at radius 2 is 1.88 bits per heavy atom. The summed E-state index contributed by atoms with van der Waals surface area (Å²) < 4.78 is 24.0. The van der Waals surface area contributed by atoms with Crippen LogP contribution in [0.4, 0.5) is 0 Å². The van der Waals surface area contributed by atoms with Gasteiger partial charge in [0.05, 0.1) is 10.1 Å². The fourth-order valence-electron chi connectivity index (χ4n) is 1.59. The summed E-state index contributed by atoms with van der Waals surface area (Å²) in [5.41, 5.74) is 1.06. The molecule has 0 spiro atoms. The molecule has 0 aromatic heterocycles. The molecule has 0 N–H and O–H groups in total. The lowest BCUT2D eigenvalue weighted by atomic mass is 10.0. The second-order valence-electron chi connectivity index (χ2n) is 4.73.